The van der Waals surface area contributed by atoms with Crippen LogP contribution in [-0.4, -0.2) is 31.2 Å². The molecule has 0 amide bonds. The molecule has 0 aromatic heterocycles. The predicted octanol–water partition coefficient (Wildman–Crippen LogP) is 2.94. The van der Waals surface area contributed by atoms with Gasteiger partial charge in [0.15, 0.2) is 0 Å². The fourth-order valence-electron chi connectivity index (χ4n) is 2.24. The average Bonchev–Trinajstić information content (AvgIpc) is 2.35. The molecule has 2 rings (SSSR count). The molecule has 0 bridgehead atoms. The molecule has 0 saturated carbocycles. The first kappa shape index (κ1) is 14.8. The van der Waals surface area contributed by atoms with Gasteiger partial charge in [0, 0.05) is 18.5 Å². The molecule has 3 nitrogen and oxygen atoms in total. The summed E-state index contributed by atoms with van der Waals surface area (Å²) in [5, 5.41) is -0.102. The van der Waals surface area contributed by atoms with Crippen LogP contribution in [0.5, 0.6) is 0 Å². The van der Waals surface area contributed by atoms with Gasteiger partial charge in [-0.15, -0.1) is 11.6 Å². The molecule has 1 aromatic carbocycles. The summed E-state index contributed by atoms with van der Waals surface area (Å²) in [4.78, 5) is 0.369. The van der Waals surface area contributed by atoms with Gasteiger partial charge in [-0.05, 0) is 49.4 Å². The Morgan fingerprint density at radius 1 is 1.26 bits per heavy atom. The first-order valence-electron chi connectivity index (χ1n) is 6.54. The Bertz CT molecular complexity index is 571. The van der Waals surface area contributed by atoms with E-state index in [4.69, 9.17) is 11.6 Å². The van der Waals surface area contributed by atoms with Gasteiger partial charge in [-0.2, -0.15) is 4.31 Å². The Morgan fingerprint density at radius 2 is 1.95 bits per heavy atom. The van der Waals surface area contributed by atoms with Crippen molar-refractivity contribution in [2.75, 3.05) is 13.1 Å². The topological polar surface area (TPSA) is 37.4 Å². The Labute approximate surface area is 120 Å². The van der Waals surface area contributed by atoms with Crippen LogP contribution < -0.4 is 0 Å². The molecule has 2 atom stereocenters. The number of hydrogen-bond acceptors (Lipinski definition) is 2. The minimum absolute atomic E-state index is 0.102. The lowest BCUT2D eigenvalue weighted by Crippen LogP contribution is -2.43. The maximum atomic E-state index is 12.6. The largest absolute Gasteiger partial charge is 0.243 e. The van der Waals surface area contributed by atoms with Crippen LogP contribution in [0.1, 0.15) is 24.5 Å². The first-order valence-corrected chi connectivity index (χ1v) is 8.41. The summed E-state index contributed by atoms with van der Waals surface area (Å²) in [6.07, 6.45) is 0.818. The molecule has 0 spiro atoms. The number of piperidine rings is 1. The van der Waals surface area contributed by atoms with Crippen LogP contribution in [0.4, 0.5) is 0 Å². The molecule has 1 aromatic rings. The van der Waals surface area contributed by atoms with E-state index in [-0.39, 0.29) is 5.38 Å². The molecule has 2 unspecified atom stereocenters. The van der Waals surface area contributed by atoms with Crippen molar-refractivity contribution >= 4 is 21.6 Å². The molecule has 106 valence electrons. The molecule has 19 heavy (non-hydrogen) atoms. The molecule has 1 fully saturated rings. The van der Waals surface area contributed by atoms with E-state index in [0.29, 0.717) is 23.9 Å². The Hall–Kier alpha value is -0.580. The van der Waals surface area contributed by atoms with Crippen LogP contribution in [-0.2, 0) is 10.0 Å². The van der Waals surface area contributed by atoms with Crippen molar-refractivity contribution < 1.29 is 8.42 Å². The van der Waals surface area contributed by atoms with Crippen molar-refractivity contribution in [3.8, 4) is 0 Å². The Kier molecular flexibility index (Phi) is 4.23. The molecule has 0 aliphatic carbocycles. The lowest BCUT2D eigenvalue weighted by molar-refractivity contribution is 0.293. The monoisotopic (exact) mass is 301 g/mol. The van der Waals surface area contributed by atoms with Gasteiger partial charge in [-0.3, -0.25) is 0 Å². The van der Waals surface area contributed by atoms with E-state index < -0.39 is 10.0 Å². The predicted molar refractivity (Wildman–Crippen MR) is 78.1 cm³/mol. The van der Waals surface area contributed by atoms with Crippen molar-refractivity contribution in [2.24, 2.45) is 5.92 Å². The summed E-state index contributed by atoms with van der Waals surface area (Å²) in [7, 11) is -3.41. The highest BCUT2D eigenvalue weighted by atomic mass is 35.5. The molecular weight excluding hydrogens is 282 g/mol. The normalized spacial score (nSPS) is 25.5. The summed E-state index contributed by atoms with van der Waals surface area (Å²) in [5.41, 5.74) is 2.09. The molecule has 0 N–H and O–H groups in total. The van der Waals surface area contributed by atoms with Gasteiger partial charge in [0.2, 0.25) is 10.0 Å². The second-order valence-corrected chi connectivity index (χ2v) is 7.89. The van der Waals surface area contributed by atoms with E-state index in [0.717, 1.165) is 17.5 Å². The maximum absolute atomic E-state index is 12.6. The third-order valence-electron chi connectivity index (χ3n) is 3.95. The maximum Gasteiger partial charge on any atom is 0.243 e. The SMILES string of the molecule is Cc1ccc(S(=O)(=O)N2CCC(C)C(Cl)C2)cc1C. The van der Waals surface area contributed by atoms with Crippen molar-refractivity contribution in [3.63, 3.8) is 0 Å². The minimum Gasteiger partial charge on any atom is -0.207 e. The van der Waals surface area contributed by atoms with Gasteiger partial charge < -0.3 is 0 Å². The standard InChI is InChI=1S/C14H20ClNO2S/c1-10-4-5-13(8-12(10)3)19(17,18)16-7-6-11(2)14(15)9-16/h4-5,8,11,14H,6-7,9H2,1-3H3. The number of alkyl halides is 1. The third kappa shape index (κ3) is 2.96. The van der Waals surface area contributed by atoms with Gasteiger partial charge in [-0.25, -0.2) is 8.42 Å². The van der Waals surface area contributed by atoms with Gasteiger partial charge in [0.1, 0.15) is 0 Å². The summed E-state index contributed by atoms with van der Waals surface area (Å²) in [5.74, 6) is 0.368. The van der Waals surface area contributed by atoms with E-state index in [1.165, 1.54) is 4.31 Å². The highest BCUT2D eigenvalue weighted by Gasteiger charge is 2.32. The number of sulfonamides is 1. The van der Waals surface area contributed by atoms with Crippen molar-refractivity contribution in [1.29, 1.82) is 0 Å². The van der Waals surface area contributed by atoms with Crippen molar-refractivity contribution in [3.05, 3.63) is 29.3 Å². The summed E-state index contributed by atoms with van der Waals surface area (Å²) < 4.78 is 26.6. The fourth-order valence-corrected chi connectivity index (χ4v) is 4.18. The molecule has 1 heterocycles. The van der Waals surface area contributed by atoms with E-state index in [1.54, 1.807) is 12.1 Å². The Morgan fingerprint density at radius 3 is 2.53 bits per heavy atom. The Balaban J connectivity index is 2.29. The van der Waals surface area contributed by atoms with Crippen LogP contribution in [0.3, 0.4) is 0 Å². The minimum atomic E-state index is -3.41. The number of halogens is 1. The number of hydrogen-bond donors (Lipinski definition) is 0. The molecule has 0 radical (unpaired) electrons. The lowest BCUT2D eigenvalue weighted by Gasteiger charge is -2.33. The van der Waals surface area contributed by atoms with Crippen molar-refractivity contribution in [2.45, 2.75) is 37.5 Å². The molecule has 5 heteroatoms. The molecule has 1 aliphatic rings. The van der Waals surface area contributed by atoms with Gasteiger partial charge >= 0.3 is 0 Å². The van der Waals surface area contributed by atoms with Crippen molar-refractivity contribution in [1.82, 2.24) is 4.31 Å². The molecular formula is C14H20ClNO2S. The quantitative estimate of drug-likeness (QED) is 0.788. The summed E-state index contributed by atoms with van der Waals surface area (Å²) in [6, 6.07) is 5.28. The van der Waals surface area contributed by atoms with Crippen LogP contribution >= 0.6 is 11.6 Å². The van der Waals surface area contributed by atoms with Gasteiger partial charge in [-0.1, -0.05) is 13.0 Å². The first-order chi connectivity index (χ1) is 8.82. The third-order valence-corrected chi connectivity index (χ3v) is 6.37. The number of benzene rings is 1. The van der Waals surface area contributed by atoms with E-state index in [9.17, 15) is 8.42 Å². The number of aryl methyl sites for hydroxylation is 2. The van der Waals surface area contributed by atoms with Crippen LogP contribution in [0.15, 0.2) is 23.1 Å². The zero-order valence-corrected chi connectivity index (χ0v) is 13.1. The number of rotatable bonds is 2. The fraction of sp³-hybridized carbons (Fsp3) is 0.571. The van der Waals surface area contributed by atoms with E-state index in [2.05, 4.69) is 6.92 Å². The van der Waals surface area contributed by atoms with Crippen LogP contribution in [0.2, 0.25) is 0 Å². The second kappa shape index (κ2) is 5.43. The molecule has 1 saturated heterocycles. The summed E-state index contributed by atoms with van der Waals surface area (Å²) in [6.45, 7) is 6.93. The average molecular weight is 302 g/mol. The smallest absolute Gasteiger partial charge is 0.207 e. The highest BCUT2D eigenvalue weighted by Crippen LogP contribution is 2.27. The van der Waals surface area contributed by atoms with E-state index in [1.807, 2.05) is 19.9 Å². The highest BCUT2D eigenvalue weighted by molar-refractivity contribution is 7.89. The van der Waals surface area contributed by atoms with Gasteiger partial charge in [0.25, 0.3) is 0 Å². The van der Waals surface area contributed by atoms with Gasteiger partial charge in [0.05, 0.1) is 4.90 Å². The van der Waals surface area contributed by atoms with Crippen LogP contribution in [0, 0.1) is 19.8 Å². The zero-order chi connectivity index (χ0) is 14.2. The van der Waals surface area contributed by atoms with Crippen LogP contribution in [0.25, 0.3) is 0 Å². The lowest BCUT2D eigenvalue weighted by atomic mass is 10.0. The van der Waals surface area contributed by atoms with E-state index >= 15 is 0 Å². The second-order valence-electron chi connectivity index (χ2n) is 5.39. The molecule has 1 aliphatic heterocycles. The summed E-state index contributed by atoms with van der Waals surface area (Å²) >= 11 is 6.21. The number of nitrogens with zero attached hydrogens (tertiary/aromatic N) is 1. The zero-order valence-electron chi connectivity index (χ0n) is 11.6.